The lowest BCUT2D eigenvalue weighted by Gasteiger charge is -2.08. The fourth-order valence-corrected chi connectivity index (χ4v) is 1.95. The molecule has 0 saturated heterocycles. The number of ketones is 1. The van der Waals surface area contributed by atoms with Gasteiger partial charge < -0.3 is 0 Å². The minimum absolute atomic E-state index is 0.336. The number of rotatable bonds is 4. The van der Waals surface area contributed by atoms with Gasteiger partial charge in [-0.25, -0.2) is 0 Å². The van der Waals surface area contributed by atoms with Gasteiger partial charge in [-0.1, -0.05) is 26.0 Å². The minimum atomic E-state index is 0.336. The molecule has 0 aromatic heterocycles. The zero-order valence-corrected chi connectivity index (χ0v) is 9.55. The lowest BCUT2D eigenvalue weighted by Crippen LogP contribution is -2.06. The van der Waals surface area contributed by atoms with Crippen molar-refractivity contribution in [2.45, 2.75) is 39.5 Å². The van der Waals surface area contributed by atoms with Crippen LogP contribution in [0.1, 0.15) is 48.2 Å². The number of hydrogen-bond acceptors (Lipinski definition) is 1. The maximum absolute atomic E-state index is 12.1. The van der Waals surface area contributed by atoms with E-state index in [0.29, 0.717) is 11.7 Å². The van der Waals surface area contributed by atoms with Crippen molar-refractivity contribution >= 4 is 5.78 Å². The van der Waals surface area contributed by atoms with Gasteiger partial charge in [-0.15, -0.1) is 0 Å². The van der Waals surface area contributed by atoms with E-state index in [2.05, 4.69) is 32.0 Å². The van der Waals surface area contributed by atoms with Gasteiger partial charge in [0.1, 0.15) is 0 Å². The summed E-state index contributed by atoms with van der Waals surface area (Å²) in [5.41, 5.74) is 3.47. The van der Waals surface area contributed by atoms with Gasteiger partial charge in [-0.2, -0.15) is 0 Å². The Kier molecular flexibility index (Phi) is 2.90. The minimum Gasteiger partial charge on any atom is -0.294 e. The van der Waals surface area contributed by atoms with Gasteiger partial charge >= 0.3 is 0 Å². The highest BCUT2D eigenvalue weighted by Crippen LogP contribution is 2.33. The number of aryl methyl sites for hydroxylation is 2. The molecule has 1 aromatic rings. The average molecular weight is 202 g/mol. The van der Waals surface area contributed by atoms with Crippen molar-refractivity contribution in [3.8, 4) is 0 Å². The summed E-state index contributed by atoms with van der Waals surface area (Å²) in [6.07, 6.45) is 4.16. The van der Waals surface area contributed by atoms with Crippen molar-refractivity contribution < 1.29 is 4.79 Å². The van der Waals surface area contributed by atoms with Gasteiger partial charge in [-0.05, 0) is 42.9 Å². The van der Waals surface area contributed by atoms with Gasteiger partial charge in [0, 0.05) is 11.5 Å². The standard InChI is InChI=1S/C14H18O/c1-3-10-5-6-11(4-2)13(9-10)14(15)12-7-8-12/h5-6,9,12H,3-4,7-8H2,1-2H3. The third-order valence-electron chi connectivity index (χ3n) is 3.18. The highest BCUT2D eigenvalue weighted by molar-refractivity contribution is 6.00. The van der Waals surface area contributed by atoms with E-state index in [-0.39, 0.29) is 0 Å². The third-order valence-corrected chi connectivity index (χ3v) is 3.18. The van der Waals surface area contributed by atoms with Gasteiger partial charge in [0.25, 0.3) is 0 Å². The van der Waals surface area contributed by atoms with E-state index in [9.17, 15) is 4.79 Å². The van der Waals surface area contributed by atoms with Gasteiger partial charge in [0.15, 0.2) is 5.78 Å². The van der Waals surface area contributed by atoms with Crippen LogP contribution in [0.25, 0.3) is 0 Å². The molecule has 0 aliphatic heterocycles. The molecule has 0 N–H and O–H groups in total. The van der Waals surface area contributed by atoms with Gasteiger partial charge in [0.05, 0.1) is 0 Å². The molecule has 1 aliphatic carbocycles. The Morgan fingerprint density at radius 2 is 2.00 bits per heavy atom. The maximum atomic E-state index is 12.1. The second-order valence-electron chi connectivity index (χ2n) is 4.34. The lowest BCUT2D eigenvalue weighted by atomic mass is 9.96. The Hall–Kier alpha value is -1.11. The Labute approximate surface area is 91.5 Å². The van der Waals surface area contributed by atoms with Crippen molar-refractivity contribution in [3.63, 3.8) is 0 Å². The molecule has 1 aromatic carbocycles. The summed E-state index contributed by atoms with van der Waals surface area (Å²) in [5.74, 6) is 0.713. The smallest absolute Gasteiger partial charge is 0.166 e. The molecule has 0 spiro atoms. The van der Waals surface area contributed by atoms with Crippen LogP contribution < -0.4 is 0 Å². The Balaban J connectivity index is 2.36. The van der Waals surface area contributed by atoms with E-state index in [0.717, 1.165) is 31.2 Å². The van der Waals surface area contributed by atoms with Crippen molar-refractivity contribution in [2.75, 3.05) is 0 Å². The molecule has 0 bridgehead atoms. The lowest BCUT2D eigenvalue weighted by molar-refractivity contribution is 0.0966. The van der Waals surface area contributed by atoms with Crippen LogP contribution in [-0.4, -0.2) is 5.78 Å². The molecular weight excluding hydrogens is 184 g/mol. The molecule has 0 atom stereocenters. The summed E-state index contributed by atoms with van der Waals surface area (Å²) in [6.45, 7) is 4.25. The van der Waals surface area contributed by atoms with Gasteiger partial charge in [0.2, 0.25) is 0 Å². The highest BCUT2D eigenvalue weighted by Gasteiger charge is 2.31. The quantitative estimate of drug-likeness (QED) is 0.684. The predicted molar refractivity (Wildman–Crippen MR) is 62.3 cm³/mol. The largest absolute Gasteiger partial charge is 0.294 e. The molecule has 15 heavy (non-hydrogen) atoms. The number of Topliss-reactive ketones (excluding diaryl/α,β-unsaturated/α-hetero) is 1. The SMILES string of the molecule is CCc1ccc(CC)c(C(=O)C2CC2)c1. The van der Waals surface area contributed by atoms with Crippen LogP contribution in [0.4, 0.5) is 0 Å². The first kappa shape index (κ1) is 10.4. The predicted octanol–water partition coefficient (Wildman–Crippen LogP) is 3.40. The normalized spacial score (nSPS) is 15.3. The third kappa shape index (κ3) is 2.11. The highest BCUT2D eigenvalue weighted by atomic mass is 16.1. The molecule has 1 heteroatoms. The van der Waals surface area contributed by atoms with Crippen LogP contribution >= 0.6 is 0 Å². The zero-order valence-electron chi connectivity index (χ0n) is 9.55. The van der Waals surface area contributed by atoms with Crippen molar-refractivity contribution in [1.29, 1.82) is 0 Å². The first-order valence-corrected chi connectivity index (χ1v) is 5.92. The first-order chi connectivity index (χ1) is 7.26. The second kappa shape index (κ2) is 4.18. The maximum Gasteiger partial charge on any atom is 0.166 e. The summed E-state index contributed by atoms with van der Waals surface area (Å²) >= 11 is 0. The average Bonchev–Trinajstić information content (AvgIpc) is 3.11. The summed E-state index contributed by atoms with van der Waals surface area (Å²) in [7, 11) is 0. The molecule has 2 rings (SSSR count). The zero-order chi connectivity index (χ0) is 10.8. The Morgan fingerprint density at radius 1 is 1.27 bits per heavy atom. The van der Waals surface area contributed by atoms with E-state index in [1.165, 1.54) is 11.1 Å². The van der Waals surface area contributed by atoms with Crippen LogP contribution in [0, 0.1) is 5.92 Å². The summed E-state index contributed by atoms with van der Waals surface area (Å²) in [4.78, 5) is 12.1. The molecule has 1 aliphatic rings. The van der Waals surface area contributed by atoms with Crippen LogP contribution in [0.15, 0.2) is 18.2 Å². The molecule has 0 radical (unpaired) electrons. The summed E-state index contributed by atoms with van der Waals surface area (Å²) in [5, 5.41) is 0. The van der Waals surface area contributed by atoms with Crippen LogP contribution in [0.5, 0.6) is 0 Å². The van der Waals surface area contributed by atoms with Crippen LogP contribution in [-0.2, 0) is 12.8 Å². The molecule has 1 nitrogen and oxygen atoms in total. The van der Waals surface area contributed by atoms with Crippen LogP contribution in [0.2, 0.25) is 0 Å². The second-order valence-corrected chi connectivity index (χ2v) is 4.34. The summed E-state index contributed by atoms with van der Waals surface area (Å²) in [6, 6.07) is 6.36. The number of carbonyl (C=O) groups is 1. The fourth-order valence-electron chi connectivity index (χ4n) is 1.95. The monoisotopic (exact) mass is 202 g/mol. The van der Waals surface area contributed by atoms with E-state index >= 15 is 0 Å². The molecule has 0 unspecified atom stereocenters. The van der Waals surface area contributed by atoms with E-state index in [4.69, 9.17) is 0 Å². The van der Waals surface area contributed by atoms with Crippen LogP contribution in [0.3, 0.4) is 0 Å². The molecule has 0 heterocycles. The molecule has 0 amide bonds. The molecule has 80 valence electrons. The van der Waals surface area contributed by atoms with E-state index < -0.39 is 0 Å². The molecular formula is C14H18O. The number of carbonyl (C=O) groups excluding carboxylic acids is 1. The first-order valence-electron chi connectivity index (χ1n) is 5.92. The fraction of sp³-hybridized carbons (Fsp3) is 0.500. The molecule has 1 saturated carbocycles. The Bertz CT molecular complexity index is 375. The molecule has 1 fully saturated rings. The topological polar surface area (TPSA) is 17.1 Å². The number of hydrogen-bond donors (Lipinski definition) is 0. The van der Waals surface area contributed by atoms with E-state index in [1.807, 2.05) is 0 Å². The van der Waals surface area contributed by atoms with E-state index in [1.54, 1.807) is 0 Å². The van der Waals surface area contributed by atoms with Crippen molar-refractivity contribution in [3.05, 3.63) is 34.9 Å². The van der Waals surface area contributed by atoms with Crippen molar-refractivity contribution in [1.82, 2.24) is 0 Å². The van der Waals surface area contributed by atoms with Crippen molar-refractivity contribution in [2.24, 2.45) is 5.92 Å². The number of benzene rings is 1. The summed E-state index contributed by atoms with van der Waals surface area (Å²) < 4.78 is 0. The van der Waals surface area contributed by atoms with Gasteiger partial charge in [-0.3, -0.25) is 4.79 Å². The Morgan fingerprint density at radius 3 is 2.53 bits per heavy atom.